The molecule has 0 unspecified atom stereocenters. The largest absolute Gasteiger partial charge is 0.460 e. The zero-order valence-corrected chi connectivity index (χ0v) is 12.9. The smallest absolute Gasteiger partial charge is 0.374 e. The molecule has 0 radical (unpaired) electrons. The van der Waals surface area contributed by atoms with Crippen molar-refractivity contribution in [2.45, 2.75) is 34.1 Å². The summed E-state index contributed by atoms with van der Waals surface area (Å²) in [6.45, 7) is 8.15. The van der Waals surface area contributed by atoms with Crippen molar-refractivity contribution in [3.8, 4) is 0 Å². The van der Waals surface area contributed by atoms with E-state index < -0.39 is 5.97 Å². The normalized spacial score (nSPS) is 11.2. The van der Waals surface area contributed by atoms with Gasteiger partial charge in [0.25, 0.3) is 5.56 Å². The summed E-state index contributed by atoms with van der Waals surface area (Å²) in [6.07, 6.45) is 0.904. The molecular weight excluding hydrogens is 276 g/mol. The van der Waals surface area contributed by atoms with Crippen molar-refractivity contribution in [1.29, 1.82) is 0 Å². The molecule has 20 heavy (non-hydrogen) atoms. The highest BCUT2D eigenvalue weighted by molar-refractivity contribution is 7.18. The standard InChI is InChI=1S/C14H18N2O3S/c1-5-19-14(18)11-15-12(17)10-8(4)9(6-7(2)3)20-13(10)16-11/h7H,5-6H2,1-4H3,(H,15,16,17). The molecule has 1 N–H and O–H groups in total. The second-order valence-corrected chi connectivity index (χ2v) is 6.15. The first-order chi connectivity index (χ1) is 9.43. The molecular formula is C14H18N2O3S. The first kappa shape index (κ1) is 14.7. The summed E-state index contributed by atoms with van der Waals surface area (Å²) in [5.41, 5.74) is 0.685. The van der Waals surface area contributed by atoms with Crippen LogP contribution in [0.4, 0.5) is 0 Å². The lowest BCUT2D eigenvalue weighted by Crippen LogP contribution is -2.17. The van der Waals surface area contributed by atoms with Gasteiger partial charge in [-0.05, 0) is 31.7 Å². The van der Waals surface area contributed by atoms with E-state index >= 15 is 0 Å². The molecule has 2 rings (SSSR count). The number of nitrogens with zero attached hydrogens (tertiary/aromatic N) is 1. The second kappa shape index (κ2) is 5.75. The van der Waals surface area contributed by atoms with Gasteiger partial charge < -0.3 is 9.72 Å². The Kier molecular flexibility index (Phi) is 4.23. The average Bonchev–Trinajstić information content (AvgIpc) is 2.66. The molecule has 0 aliphatic rings. The molecule has 0 spiro atoms. The number of hydrogen-bond donors (Lipinski definition) is 1. The van der Waals surface area contributed by atoms with Gasteiger partial charge in [-0.25, -0.2) is 9.78 Å². The lowest BCUT2D eigenvalue weighted by Gasteiger charge is -2.02. The highest BCUT2D eigenvalue weighted by atomic mass is 32.1. The maximum atomic E-state index is 12.1. The van der Waals surface area contributed by atoms with Gasteiger partial charge >= 0.3 is 5.97 Å². The number of thiophene rings is 1. The van der Waals surface area contributed by atoms with Crippen LogP contribution >= 0.6 is 11.3 Å². The number of aryl methyl sites for hydroxylation is 1. The molecule has 2 aromatic heterocycles. The summed E-state index contributed by atoms with van der Waals surface area (Å²) in [7, 11) is 0. The highest BCUT2D eigenvalue weighted by Crippen LogP contribution is 2.28. The van der Waals surface area contributed by atoms with Gasteiger partial charge in [-0.15, -0.1) is 11.3 Å². The van der Waals surface area contributed by atoms with E-state index in [0.29, 0.717) is 16.1 Å². The van der Waals surface area contributed by atoms with Crippen LogP contribution in [0.3, 0.4) is 0 Å². The maximum Gasteiger partial charge on any atom is 0.374 e. The van der Waals surface area contributed by atoms with E-state index in [1.165, 1.54) is 11.3 Å². The van der Waals surface area contributed by atoms with Gasteiger partial charge in [0.2, 0.25) is 5.82 Å². The van der Waals surface area contributed by atoms with Crippen LogP contribution in [0.5, 0.6) is 0 Å². The molecule has 6 heteroatoms. The van der Waals surface area contributed by atoms with Gasteiger partial charge in [0.15, 0.2) is 0 Å². The number of carbonyl (C=O) groups is 1. The first-order valence-electron chi connectivity index (χ1n) is 6.63. The van der Waals surface area contributed by atoms with Crippen LogP contribution in [-0.4, -0.2) is 22.5 Å². The Labute approximate surface area is 121 Å². The van der Waals surface area contributed by atoms with Crippen LogP contribution in [0.25, 0.3) is 10.2 Å². The van der Waals surface area contributed by atoms with Crippen molar-refractivity contribution in [3.63, 3.8) is 0 Å². The third-order valence-corrected chi connectivity index (χ3v) is 4.17. The molecule has 0 bridgehead atoms. The van der Waals surface area contributed by atoms with E-state index in [1.54, 1.807) is 6.92 Å². The van der Waals surface area contributed by atoms with Crippen molar-refractivity contribution in [2.75, 3.05) is 6.61 Å². The first-order valence-corrected chi connectivity index (χ1v) is 7.45. The molecule has 2 heterocycles. The lowest BCUT2D eigenvalue weighted by atomic mass is 10.1. The summed E-state index contributed by atoms with van der Waals surface area (Å²) < 4.78 is 4.87. The summed E-state index contributed by atoms with van der Waals surface area (Å²) in [4.78, 5) is 32.3. The monoisotopic (exact) mass is 294 g/mol. The molecule has 0 aliphatic heterocycles. The number of ether oxygens (including phenoxy) is 1. The fourth-order valence-electron chi connectivity index (χ4n) is 2.05. The molecule has 2 aromatic rings. The number of nitrogens with one attached hydrogen (secondary N) is 1. The average molecular weight is 294 g/mol. The summed E-state index contributed by atoms with van der Waals surface area (Å²) in [6, 6.07) is 0. The van der Waals surface area contributed by atoms with Crippen molar-refractivity contribution in [1.82, 2.24) is 9.97 Å². The number of esters is 1. The fraction of sp³-hybridized carbons (Fsp3) is 0.500. The van der Waals surface area contributed by atoms with Crippen LogP contribution in [0, 0.1) is 12.8 Å². The Balaban J connectivity index is 2.55. The SMILES string of the molecule is CCOC(=O)c1nc2sc(CC(C)C)c(C)c2c(=O)[nH]1. The summed E-state index contributed by atoms with van der Waals surface area (Å²) >= 11 is 1.48. The van der Waals surface area contributed by atoms with E-state index in [0.717, 1.165) is 16.9 Å². The molecule has 0 aromatic carbocycles. The van der Waals surface area contributed by atoms with Crippen molar-refractivity contribution in [3.05, 3.63) is 26.6 Å². The summed E-state index contributed by atoms with van der Waals surface area (Å²) in [5, 5.41) is 0.582. The van der Waals surface area contributed by atoms with E-state index in [2.05, 4.69) is 23.8 Å². The quantitative estimate of drug-likeness (QED) is 0.880. The third-order valence-electron chi connectivity index (χ3n) is 2.96. The number of carbonyl (C=O) groups excluding carboxylic acids is 1. The molecule has 5 nitrogen and oxygen atoms in total. The number of aromatic nitrogens is 2. The van der Waals surface area contributed by atoms with Gasteiger partial charge in [0, 0.05) is 4.88 Å². The van der Waals surface area contributed by atoms with E-state index in [4.69, 9.17) is 4.74 Å². The van der Waals surface area contributed by atoms with E-state index in [-0.39, 0.29) is 18.0 Å². The van der Waals surface area contributed by atoms with E-state index in [9.17, 15) is 9.59 Å². The molecule has 0 atom stereocenters. The Hall–Kier alpha value is -1.69. The van der Waals surface area contributed by atoms with Crippen molar-refractivity contribution >= 4 is 27.5 Å². The highest BCUT2D eigenvalue weighted by Gasteiger charge is 2.18. The lowest BCUT2D eigenvalue weighted by molar-refractivity contribution is 0.0512. The molecule has 0 amide bonds. The van der Waals surface area contributed by atoms with E-state index in [1.807, 2.05) is 6.92 Å². The maximum absolute atomic E-state index is 12.1. The van der Waals surface area contributed by atoms with Gasteiger partial charge in [-0.2, -0.15) is 0 Å². The Bertz CT molecular complexity index is 700. The predicted octanol–water partition coefficient (Wildman–Crippen LogP) is 2.67. The Morgan fingerprint density at radius 3 is 2.75 bits per heavy atom. The van der Waals surface area contributed by atoms with Crippen molar-refractivity contribution in [2.24, 2.45) is 5.92 Å². The number of rotatable bonds is 4. The topological polar surface area (TPSA) is 72.0 Å². The molecule has 0 saturated carbocycles. The van der Waals surface area contributed by atoms with Crippen LogP contribution in [0.1, 0.15) is 41.8 Å². The summed E-state index contributed by atoms with van der Waals surface area (Å²) in [5.74, 6) is -0.116. The molecule has 0 aliphatic carbocycles. The zero-order chi connectivity index (χ0) is 14.9. The Morgan fingerprint density at radius 1 is 1.45 bits per heavy atom. The molecule has 0 fully saturated rings. The zero-order valence-electron chi connectivity index (χ0n) is 12.1. The predicted molar refractivity (Wildman–Crippen MR) is 79.5 cm³/mol. The van der Waals surface area contributed by atoms with Crippen LogP contribution < -0.4 is 5.56 Å². The minimum absolute atomic E-state index is 0.0262. The number of aromatic amines is 1. The van der Waals surface area contributed by atoms with Crippen LogP contribution in [0.2, 0.25) is 0 Å². The van der Waals surface area contributed by atoms with Crippen LogP contribution in [-0.2, 0) is 11.2 Å². The Morgan fingerprint density at radius 2 is 2.15 bits per heavy atom. The number of hydrogen-bond acceptors (Lipinski definition) is 5. The van der Waals surface area contributed by atoms with Crippen LogP contribution in [0.15, 0.2) is 4.79 Å². The third kappa shape index (κ3) is 2.75. The minimum atomic E-state index is -0.594. The fourth-order valence-corrected chi connectivity index (χ4v) is 3.44. The number of fused-ring (bicyclic) bond motifs is 1. The number of H-pyrrole nitrogens is 1. The second-order valence-electron chi connectivity index (χ2n) is 5.06. The van der Waals surface area contributed by atoms with Gasteiger partial charge in [0.05, 0.1) is 12.0 Å². The van der Waals surface area contributed by atoms with Gasteiger partial charge in [-0.3, -0.25) is 4.79 Å². The molecule has 108 valence electrons. The van der Waals surface area contributed by atoms with Gasteiger partial charge in [-0.1, -0.05) is 13.8 Å². The van der Waals surface area contributed by atoms with Crippen molar-refractivity contribution < 1.29 is 9.53 Å². The molecule has 0 saturated heterocycles. The minimum Gasteiger partial charge on any atom is -0.460 e. The van der Waals surface area contributed by atoms with Gasteiger partial charge in [0.1, 0.15) is 4.83 Å².